The van der Waals surface area contributed by atoms with Gasteiger partial charge in [-0.3, -0.25) is 4.98 Å². The van der Waals surface area contributed by atoms with Gasteiger partial charge in [-0.2, -0.15) is 18.2 Å². The van der Waals surface area contributed by atoms with E-state index in [1.54, 1.807) is 24.3 Å². The Morgan fingerprint density at radius 2 is 1.63 bits per heavy atom. The lowest BCUT2D eigenvalue weighted by Crippen LogP contribution is -2.16. The summed E-state index contributed by atoms with van der Waals surface area (Å²) in [5.41, 5.74) is 0.0745. The zero-order valence-corrected chi connectivity index (χ0v) is 15.1. The van der Waals surface area contributed by atoms with Crippen LogP contribution in [0.25, 0.3) is 11.4 Å². The van der Waals surface area contributed by atoms with Crippen LogP contribution in [0.4, 0.5) is 13.2 Å². The van der Waals surface area contributed by atoms with Crippen LogP contribution in [-0.4, -0.2) is 26.3 Å². The van der Waals surface area contributed by atoms with Gasteiger partial charge < -0.3 is 4.74 Å². The molecule has 0 spiro atoms. The number of aryl methyl sites for hydroxylation is 1. The van der Waals surface area contributed by atoms with E-state index < -0.39 is 33.4 Å². The predicted octanol–water partition coefficient (Wildman–Crippen LogP) is 4.04. The number of rotatable bonds is 4. The van der Waals surface area contributed by atoms with Gasteiger partial charge in [0.1, 0.15) is 10.8 Å². The summed E-state index contributed by atoms with van der Waals surface area (Å²) in [6.45, 7) is 1.82. The molecule has 9 heteroatoms. The standard InChI is InChI=1S/C18H14F3N3O2S/c1-11-3-5-13(6-4-11)27(25)17-14(18(19,20)21)16(26-2)23-15(24-17)12-7-9-22-10-8-12/h3-10H,1-2H3. The second-order valence-corrected chi connectivity index (χ2v) is 6.95. The van der Waals surface area contributed by atoms with Crippen molar-refractivity contribution in [2.45, 2.75) is 23.0 Å². The van der Waals surface area contributed by atoms with E-state index in [2.05, 4.69) is 15.0 Å². The van der Waals surface area contributed by atoms with Gasteiger partial charge in [0, 0.05) is 22.9 Å². The molecule has 27 heavy (non-hydrogen) atoms. The van der Waals surface area contributed by atoms with Crippen LogP contribution in [0.2, 0.25) is 0 Å². The monoisotopic (exact) mass is 393 g/mol. The topological polar surface area (TPSA) is 65.0 Å². The number of aromatic nitrogens is 3. The van der Waals surface area contributed by atoms with E-state index in [9.17, 15) is 17.4 Å². The molecule has 3 rings (SSSR count). The fraction of sp³-hybridized carbons (Fsp3) is 0.167. The van der Waals surface area contributed by atoms with Gasteiger partial charge in [-0.1, -0.05) is 17.7 Å². The lowest BCUT2D eigenvalue weighted by molar-refractivity contribution is -0.141. The summed E-state index contributed by atoms with van der Waals surface area (Å²) in [7, 11) is -1.10. The molecule has 1 unspecified atom stereocenters. The van der Waals surface area contributed by atoms with Crippen LogP contribution < -0.4 is 4.74 Å². The number of nitrogens with zero attached hydrogens (tertiary/aromatic N) is 3. The van der Waals surface area contributed by atoms with E-state index in [0.29, 0.717) is 5.56 Å². The van der Waals surface area contributed by atoms with Crippen LogP contribution in [0.5, 0.6) is 5.88 Å². The summed E-state index contributed by atoms with van der Waals surface area (Å²) in [4.78, 5) is 11.9. The first-order valence-electron chi connectivity index (χ1n) is 7.73. The molecule has 0 saturated heterocycles. The van der Waals surface area contributed by atoms with Crippen molar-refractivity contribution in [3.05, 3.63) is 59.9 Å². The molecule has 1 atom stereocenters. The zero-order chi connectivity index (χ0) is 19.6. The van der Waals surface area contributed by atoms with Crippen molar-refractivity contribution in [2.75, 3.05) is 7.11 Å². The van der Waals surface area contributed by atoms with Gasteiger partial charge in [0.25, 0.3) is 0 Å². The number of pyridine rings is 1. The van der Waals surface area contributed by atoms with Crippen LogP contribution in [-0.2, 0) is 17.0 Å². The largest absolute Gasteiger partial charge is 0.480 e. The molecule has 2 heterocycles. The Labute approximate surface area is 155 Å². The molecule has 0 aliphatic carbocycles. The van der Waals surface area contributed by atoms with Crippen molar-refractivity contribution in [3.8, 4) is 17.3 Å². The summed E-state index contributed by atoms with van der Waals surface area (Å²) < 4.78 is 58.8. The Morgan fingerprint density at radius 1 is 1.00 bits per heavy atom. The second-order valence-electron chi connectivity index (χ2n) is 5.55. The van der Waals surface area contributed by atoms with Gasteiger partial charge in [0.15, 0.2) is 16.4 Å². The molecule has 3 aromatic rings. The SMILES string of the molecule is COc1nc(-c2ccncc2)nc(S(=O)c2ccc(C)cc2)c1C(F)(F)F. The van der Waals surface area contributed by atoms with Gasteiger partial charge in [-0.05, 0) is 31.2 Å². The van der Waals surface area contributed by atoms with Crippen molar-refractivity contribution in [1.29, 1.82) is 0 Å². The van der Waals surface area contributed by atoms with E-state index in [0.717, 1.165) is 12.7 Å². The molecular formula is C18H14F3N3O2S. The van der Waals surface area contributed by atoms with Crippen molar-refractivity contribution in [3.63, 3.8) is 0 Å². The van der Waals surface area contributed by atoms with Gasteiger partial charge in [-0.15, -0.1) is 0 Å². The fourth-order valence-corrected chi connectivity index (χ4v) is 3.51. The van der Waals surface area contributed by atoms with Crippen molar-refractivity contribution in [2.24, 2.45) is 0 Å². The number of alkyl halides is 3. The number of halogens is 3. The summed E-state index contributed by atoms with van der Waals surface area (Å²) in [6.07, 6.45) is -1.92. The number of benzene rings is 1. The summed E-state index contributed by atoms with van der Waals surface area (Å²) >= 11 is 0. The molecule has 0 bridgehead atoms. The summed E-state index contributed by atoms with van der Waals surface area (Å²) in [5.74, 6) is -0.711. The average molecular weight is 393 g/mol. The van der Waals surface area contributed by atoms with Gasteiger partial charge in [0.2, 0.25) is 5.88 Å². The Kier molecular flexibility index (Phi) is 5.22. The molecule has 140 valence electrons. The van der Waals surface area contributed by atoms with Crippen molar-refractivity contribution in [1.82, 2.24) is 15.0 Å². The molecule has 0 aliphatic rings. The molecule has 0 amide bonds. The number of ether oxygens (including phenoxy) is 1. The van der Waals surface area contributed by atoms with Crippen LogP contribution >= 0.6 is 0 Å². The van der Waals surface area contributed by atoms with Crippen molar-refractivity contribution >= 4 is 10.8 Å². The highest BCUT2D eigenvalue weighted by Gasteiger charge is 2.41. The predicted molar refractivity (Wildman–Crippen MR) is 92.7 cm³/mol. The van der Waals surface area contributed by atoms with Gasteiger partial charge in [-0.25, -0.2) is 9.19 Å². The number of methoxy groups -OCH3 is 1. The van der Waals surface area contributed by atoms with E-state index in [1.165, 1.54) is 24.5 Å². The third-order valence-electron chi connectivity index (χ3n) is 3.67. The molecule has 0 saturated carbocycles. The highest BCUT2D eigenvalue weighted by atomic mass is 32.2. The number of hydrogen-bond acceptors (Lipinski definition) is 5. The maximum Gasteiger partial charge on any atom is 0.424 e. The minimum absolute atomic E-state index is 0.0299. The maximum atomic E-state index is 13.7. The van der Waals surface area contributed by atoms with Gasteiger partial charge in [0.05, 0.1) is 7.11 Å². The first kappa shape index (κ1) is 19.0. The Hall–Kier alpha value is -2.81. The van der Waals surface area contributed by atoms with E-state index in [4.69, 9.17) is 4.74 Å². The molecule has 0 N–H and O–H groups in total. The molecule has 0 radical (unpaired) electrons. The molecule has 2 aromatic heterocycles. The minimum atomic E-state index is -4.84. The van der Waals surface area contributed by atoms with Crippen LogP contribution in [0.1, 0.15) is 11.1 Å². The van der Waals surface area contributed by atoms with Crippen LogP contribution in [0.15, 0.2) is 58.7 Å². The highest BCUT2D eigenvalue weighted by molar-refractivity contribution is 7.85. The molecular weight excluding hydrogens is 379 g/mol. The van der Waals surface area contributed by atoms with E-state index in [-0.39, 0.29) is 10.7 Å². The van der Waals surface area contributed by atoms with Crippen LogP contribution in [0.3, 0.4) is 0 Å². The van der Waals surface area contributed by atoms with Crippen LogP contribution in [0, 0.1) is 6.92 Å². The van der Waals surface area contributed by atoms with Crippen molar-refractivity contribution < 1.29 is 22.1 Å². The lowest BCUT2D eigenvalue weighted by atomic mass is 10.2. The summed E-state index contributed by atoms with van der Waals surface area (Å²) in [6, 6.07) is 9.44. The highest BCUT2D eigenvalue weighted by Crippen LogP contribution is 2.40. The number of hydrogen-bond donors (Lipinski definition) is 0. The third kappa shape index (κ3) is 3.97. The fourth-order valence-electron chi connectivity index (χ4n) is 2.35. The Bertz CT molecular complexity index is 978. The molecule has 0 aliphatic heterocycles. The second kappa shape index (κ2) is 7.43. The Balaban J connectivity index is 2.25. The Morgan fingerprint density at radius 3 is 2.19 bits per heavy atom. The van der Waals surface area contributed by atoms with E-state index in [1.807, 2.05) is 6.92 Å². The zero-order valence-electron chi connectivity index (χ0n) is 14.3. The first-order valence-corrected chi connectivity index (χ1v) is 8.88. The molecule has 1 aromatic carbocycles. The third-order valence-corrected chi connectivity index (χ3v) is 5.02. The maximum absolute atomic E-state index is 13.7. The lowest BCUT2D eigenvalue weighted by Gasteiger charge is -2.16. The van der Waals surface area contributed by atoms with Gasteiger partial charge >= 0.3 is 6.18 Å². The summed E-state index contributed by atoms with van der Waals surface area (Å²) in [5, 5.41) is -0.648. The molecule has 0 fully saturated rings. The average Bonchev–Trinajstić information content (AvgIpc) is 2.67. The first-order chi connectivity index (χ1) is 12.8. The van der Waals surface area contributed by atoms with E-state index >= 15 is 0 Å². The minimum Gasteiger partial charge on any atom is -0.480 e. The smallest absolute Gasteiger partial charge is 0.424 e. The molecule has 5 nitrogen and oxygen atoms in total. The quantitative estimate of drug-likeness (QED) is 0.626. The normalized spacial score (nSPS) is 12.6.